The molecule has 0 aliphatic carbocycles. The first-order valence-electron chi connectivity index (χ1n) is 7.30. The number of carbonyl (C=O) groups is 1. The highest BCUT2D eigenvalue weighted by Gasteiger charge is 2.17. The summed E-state index contributed by atoms with van der Waals surface area (Å²) >= 11 is 0. The van der Waals surface area contributed by atoms with E-state index in [0.29, 0.717) is 0 Å². The van der Waals surface area contributed by atoms with Gasteiger partial charge < -0.3 is 15.5 Å². The number of amides is 1. The van der Waals surface area contributed by atoms with Crippen LogP contribution in [0.4, 0.5) is 11.4 Å². The van der Waals surface area contributed by atoms with Crippen LogP contribution >= 0.6 is 0 Å². The van der Waals surface area contributed by atoms with Crippen LogP contribution in [0.1, 0.15) is 19.8 Å². The summed E-state index contributed by atoms with van der Waals surface area (Å²) < 4.78 is 0. The van der Waals surface area contributed by atoms with Crippen molar-refractivity contribution >= 4 is 17.3 Å². The lowest BCUT2D eigenvalue weighted by molar-refractivity contribution is -0.112. The third-order valence-electron chi connectivity index (χ3n) is 4.12. The van der Waals surface area contributed by atoms with Crippen molar-refractivity contribution in [3.05, 3.63) is 35.4 Å². The Balaban J connectivity index is 1.71. The second-order valence-electron chi connectivity index (χ2n) is 5.53. The smallest absolute Gasteiger partial charge is 0.251 e. The third-order valence-corrected chi connectivity index (χ3v) is 4.12. The molecule has 2 aliphatic rings. The predicted octanol–water partition coefficient (Wildman–Crippen LogP) is 2.14. The van der Waals surface area contributed by atoms with Gasteiger partial charge in [0, 0.05) is 43.1 Å². The molecule has 0 saturated carbocycles. The number of hydrogen-bond donors (Lipinski definition) is 2. The number of benzene rings is 1. The lowest BCUT2D eigenvalue weighted by Gasteiger charge is -2.22. The molecule has 1 aromatic carbocycles. The SMILES string of the molecule is CC(C(=O)Nc1cccc(N2CCCC2)c1)=C1CNC1. The van der Waals surface area contributed by atoms with E-state index in [9.17, 15) is 4.79 Å². The molecule has 3 rings (SSSR count). The predicted molar refractivity (Wildman–Crippen MR) is 82.1 cm³/mol. The number of carbonyl (C=O) groups excluding carboxylic acids is 1. The Morgan fingerprint density at radius 1 is 1.25 bits per heavy atom. The molecule has 0 atom stereocenters. The first-order valence-corrected chi connectivity index (χ1v) is 7.30. The molecule has 2 saturated heterocycles. The second kappa shape index (κ2) is 5.67. The Bertz CT molecular complexity index is 538. The average molecular weight is 271 g/mol. The Hall–Kier alpha value is -1.81. The molecule has 0 spiro atoms. The van der Waals surface area contributed by atoms with Crippen LogP contribution < -0.4 is 15.5 Å². The molecule has 4 nitrogen and oxygen atoms in total. The standard InChI is InChI=1S/C16H21N3O/c1-12(13-10-17-11-13)16(20)18-14-5-4-6-15(9-14)19-7-2-3-8-19/h4-6,9,17H,2-3,7-8,10-11H2,1H3,(H,18,20). The van der Waals surface area contributed by atoms with E-state index >= 15 is 0 Å². The van der Waals surface area contributed by atoms with Gasteiger partial charge in [0.15, 0.2) is 0 Å². The summed E-state index contributed by atoms with van der Waals surface area (Å²) in [6.45, 7) is 5.81. The van der Waals surface area contributed by atoms with Crippen molar-refractivity contribution in [3.8, 4) is 0 Å². The molecule has 4 heteroatoms. The first kappa shape index (κ1) is 13.2. The second-order valence-corrected chi connectivity index (χ2v) is 5.53. The van der Waals surface area contributed by atoms with Gasteiger partial charge in [-0.25, -0.2) is 0 Å². The Morgan fingerprint density at radius 3 is 2.65 bits per heavy atom. The minimum atomic E-state index is 0.0140. The largest absolute Gasteiger partial charge is 0.371 e. The minimum absolute atomic E-state index is 0.0140. The summed E-state index contributed by atoms with van der Waals surface area (Å²) in [5, 5.41) is 6.17. The number of hydrogen-bond acceptors (Lipinski definition) is 3. The van der Waals surface area contributed by atoms with Gasteiger partial charge in [-0.2, -0.15) is 0 Å². The summed E-state index contributed by atoms with van der Waals surface area (Å²) in [5.74, 6) is 0.0140. The fraction of sp³-hybridized carbons (Fsp3) is 0.438. The maximum atomic E-state index is 12.2. The molecule has 0 radical (unpaired) electrons. The van der Waals surface area contributed by atoms with Gasteiger partial charge in [0.2, 0.25) is 0 Å². The number of nitrogens with one attached hydrogen (secondary N) is 2. The molecule has 106 valence electrons. The van der Waals surface area contributed by atoms with Crippen molar-refractivity contribution in [1.29, 1.82) is 0 Å². The van der Waals surface area contributed by atoms with E-state index in [1.165, 1.54) is 24.1 Å². The van der Waals surface area contributed by atoms with Gasteiger partial charge in [-0.1, -0.05) is 6.07 Å². The molecule has 2 fully saturated rings. The fourth-order valence-electron chi connectivity index (χ4n) is 2.66. The molecule has 2 N–H and O–H groups in total. The molecule has 2 heterocycles. The Kier molecular flexibility index (Phi) is 3.74. The van der Waals surface area contributed by atoms with Crippen LogP contribution in [0.25, 0.3) is 0 Å². The molecule has 20 heavy (non-hydrogen) atoms. The first-order chi connectivity index (χ1) is 9.74. The van der Waals surface area contributed by atoms with E-state index < -0.39 is 0 Å². The quantitative estimate of drug-likeness (QED) is 0.828. The van der Waals surface area contributed by atoms with Crippen molar-refractivity contribution in [1.82, 2.24) is 5.32 Å². The minimum Gasteiger partial charge on any atom is -0.371 e. The van der Waals surface area contributed by atoms with Gasteiger partial charge in [0.05, 0.1) is 0 Å². The fourth-order valence-corrected chi connectivity index (χ4v) is 2.66. The highest BCUT2D eigenvalue weighted by molar-refractivity contribution is 6.04. The van der Waals surface area contributed by atoms with Crippen LogP contribution in [-0.2, 0) is 4.79 Å². The van der Waals surface area contributed by atoms with Gasteiger partial charge in [-0.3, -0.25) is 4.79 Å². The topological polar surface area (TPSA) is 44.4 Å². The van der Waals surface area contributed by atoms with Crippen LogP contribution in [0.3, 0.4) is 0 Å². The zero-order valence-corrected chi connectivity index (χ0v) is 11.9. The summed E-state index contributed by atoms with van der Waals surface area (Å²) in [6.07, 6.45) is 2.52. The van der Waals surface area contributed by atoms with Crippen molar-refractivity contribution in [2.75, 3.05) is 36.4 Å². The van der Waals surface area contributed by atoms with Crippen LogP contribution in [0.2, 0.25) is 0 Å². The average Bonchev–Trinajstić information content (AvgIpc) is 2.90. The molecular weight excluding hydrogens is 250 g/mol. The van der Waals surface area contributed by atoms with Crippen molar-refractivity contribution in [2.24, 2.45) is 0 Å². The van der Waals surface area contributed by atoms with Gasteiger partial charge in [0.1, 0.15) is 0 Å². The summed E-state index contributed by atoms with van der Waals surface area (Å²) in [6, 6.07) is 8.15. The Morgan fingerprint density at radius 2 is 2.00 bits per heavy atom. The van der Waals surface area contributed by atoms with Gasteiger partial charge >= 0.3 is 0 Å². The molecular formula is C16H21N3O. The number of nitrogens with zero attached hydrogens (tertiary/aromatic N) is 1. The van der Waals surface area contributed by atoms with E-state index in [1.54, 1.807) is 0 Å². The normalized spacial score (nSPS) is 17.9. The molecule has 0 aromatic heterocycles. The summed E-state index contributed by atoms with van der Waals surface area (Å²) in [4.78, 5) is 14.5. The molecule has 2 aliphatic heterocycles. The van der Waals surface area contributed by atoms with Crippen molar-refractivity contribution < 1.29 is 4.79 Å². The van der Waals surface area contributed by atoms with Crippen LogP contribution in [0.15, 0.2) is 35.4 Å². The van der Waals surface area contributed by atoms with Gasteiger partial charge in [0.25, 0.3) is 5.91 Å². The molecule has 1 amide bonds. The zero-order chi connectivity index (χ0) is 13.9. The number of anilines is 2. The van der Waals surface area contributed by atoms with Crippen molar-refractivity contribution in [2.45, 2.75) is 19.8 Å². The highest BCUT2D eigenvalue weighted by atomic mass is 16.1. The lowest BCUT2D eigenvalue weighted by Crippen LogP contribution is -2.36. The highest BCUT2D eigenvalue weighted by Crippen LogP contribution is 2.23. The maximum absolute atomic E-state index is 12.2. The maximum Gasteiger partial charge on any atom is 0.251 e. The van der Waals surface area contributed by atoms with Gasteiger partial charge in [-0.05, 0) is 43.5 Å². The van der Waals surface area contributed by atoms with Gasteiger partial charge in [-0.15, -0.1) is 0 Å². The van der Waals surface area contributed by atoms with Crippen LogP contribution in [0, 0.1) is 0 Å². The number of rotatable bonds is 3. The monoisotopic (exact) mass is 271 g/mol. The van der Waals surface area contributed by atoms with E-state index in [0.717, 1.165) is 37.4 Å². The Labute approximate surface area is 119 Å². The lowest BCUT2D eigenvalue weighted by atomic mass is 10.0. The van der Waals surface area contributed by atoms with Crippen LogP contribution in [-0.4, -0.2) is 32.1 Å². The molecule has 1 aromatic rings. The van der Waals surface area contributed by atoms with E-state index in [2.05, 4.69) is 27.7 Å². The van der Waals surface area contributed by atoms with E-state index in [4.69, 9.17) is 0 Å². The summed E-state index contributed by atoms with van der Waals surface area (Å²) in [5.41, 5.74) is 4.14. The zero-order valence-electron chi connectivity index (χ0n) is 11.9. The third kappa shape index (κ3) is 2.70. The van der Waals surface area contributed by atoms with Crippen LogP contribution in [0.5, 0.6) is 0 Å². The van der Waals surface area contributed by atoms with E-state index in [-0.39, 0.29) is 5.91 Å². The van der Waals surface area contributed by atoms with E-state index in [1.807, 2.05) is 19.1 Å². The molecule has 0 bridgehead atoms. The summed E-state index contributed by atoms with van der Waals surface area (Å²) in [7, 11) is 0. The molecule has 0 unspecified atom stereocenters. The van der Waals surface area contributed by atoms with Crippen molar-refractivity contribution in [3.63, 3.8) is 0 Å².